The zero-order valence-corrected chi connectivity index (χ0v) is 14.2. The van der Waals surface area contributed by atoms with Crippen molar-refractivity contribution in [2.45, 2.75) is 44.6 Å². The van der Waals surface area contributed by atoms with Gasteiger partial charge in [0.05, 0.1) is 19.1 Å². The Balaban J connectivity index is 1.51. The second-order valence-corrected chi connectivity index (χ2v) is 6.69. The average molecular weight is 345 g/mol. The Kier molecular flexibility index (Phi) is 5.48. The summed E-state index contributed by atoms with van der Waals surface area (Å²) < 4.78 is 5.37. The molecule has 1 N–H and O–H groups in total. The maximum Gasteiger partial charge on any atom is 0.306 e. The molecule has 1 atom stereocenters. The van der Waals surface area contributed by atoms with E-state index in [2.05, 4.69) is 0 Å². The molecular formula is C19H23NO5. The molecule has 0 aromatic heterocycles. The second kappa shape index (κ2) is 7.78. The van der Waals surface area contributed by atoms with Crippen molar-refractivity contribution in [3.63, 3.8) is 0 Å². The van der Waals surface area contributed by atoms with E-state index >= 15 is 0 Å². The van der Waals surface area contributed by atoms with Gasteiger partial charge in [-0.3, -0.25) is 14.4 Å². The van der Waals surface area contributed by atoms with Crippen molar-refractivity contribution < 1.29 is 24.2 Å². The number of fused-ring (bicyclic) bond motifs is 1. The summed E-state index contributed by atoms with van der Waals surface area (Å²) >= 11 is 0. The zero-order chi connectivity index (χ0) is 17.8. The summed E-state index contributed by atoms with van der Waals surface area (Å²) in [5.41, 5.74) is 3.26. The van der Waals surface area contributed by atoms with E-state index in [0.29, 0.717) is 18.7 Å². The van der Waals surface area contributed by atoms with Crippen LogP contribution in [-0.2, 0) is 27.2 Å². The smallest absolute Gasteiger partial charge is 0.306 e. The third kappa shape index (κ3) is 4.45. The van der Waals surface area contributed by atoms with Crippen LogP contribution in [0.25, 0.3) is 0 Å². The third-order valence-corrected chi connectivity index (χ3v) is 4.88. The monoisotopic (exact) mass is 345 g/mol. The van der Waals surface area contributed by atoms with E-state index in [4.69, 9.17) is 9.84 Å². The summed E-state index contributed by atoms with van der Waals surface area (Å²) in [6, 6.07) is 5.84. The van der Waals surface area contributed by atoms with Gasteiger partial charge in [0.15, 0.2) is 5.78 Å². The molecule has 1 aliphatic carbocycles. The first-order chi connectivity index (χ1) is 12.0. The van der Waals surface area contributed by atoms with Gasteiger partial charge < -0.3 is 14.7 Å². The number of benzene rings is 1. The largest absolute Gasteiger partial charge is 0.481 e. The third-order valence-electron chi connectivity index (χ3n) is 4.88. The van der Waals surface area contributed by atoms with Crippen molar-refractivity contribution in [2.24, 2.45) is 0 Å². The summed E-state index contributed by atoms with van der Waals surface area (Å²) in [7, 11) is 0. The molecule has 0 radical (unpaired) electrons. The van der Waals surface area contributed by atoms with Gasteiger partial charge in [-0.2, -0.15) is 0 Å². The van der Waals surface area contributed by atoms with E-state index in [9.17, 15) is 14.4 Å². The number of morpholine rings is 1. The van der Waals surface area contributed by atoms with Crippen LogP contribution in [0.3, 0.4) is 0 Å². The van der Waals surface area contributed by atoms with Crippen LogP contribution in [0.4, 0.5) is 0 Å². The molecule has 134 valence electrons. The van der Waals surface area contributed by atoms with Crippen LogP contribution in [-0.4, -0.2) is 53.5 Å². The lowest BCUT2D eigenvalue weighted by atomic mass is 10.0. The van der Waals surface area contributed by atoms with Crippen molar-refractivity contribution in [3.8, 4) is 0 Å². The van der Waals surface area contributed by atoms with Gasteiger partial charge in [0.1, 0.15) is 0 Å². The predicted molar refractivity (Wildman–Crippen MR) is 90.6 cm³/mol. The maximum absolute atomic E-state index is 12.4. The number of amides is 1. The van der Waals surface area contributed by atoms with E-state index in [1.54, 1.807) is 4.90 Å². The fourth-order valence-electron chi connectivity index (χ4n) is 3.53. The zero-order valence-electron chi connectivity index (χ0n) is 14.2. The Morgan fingerprint density at radius 2 is 1.96 bits per heavy atom. The molecule has 1 aliphatic heterocycles. The average Bonchev–Trinajstić information content (AvgIpc) is 3.06. The number of ketones is 1. The highest BCUT2D eigenvalue weighted by atomic mass is 16.5. The minimum Gasteiger partial charge on any atom is -0.481 e. The number of Topliss-reactive ketones (excluding diaryl/α,β-unsaturated/α-hetero) is 1. The van der Waals surface area contributed by atoms with E-state index in [-0.39, 0.29) is 37.5 Å². The van der Waals surface area contributed by atoms with E-state index in [1.165, 1.54) is 11.1 Å². The standard InChI is InChI=1S/C19H23NO5/c21-17(15-5-4-13-2-1-3-14(13)10-15)6-7-18(22)20-8-9-25-16(12-20)11-19(23)24/h4-5,10,16H,1-3,6-9,11-12H2,(H,23,24). The molecule has 3 rings (SSSR count). The maximum atomic E-state index is 12.4. The van der Waals surface area contributed by atoms with Gasteiger partial charge in [-0.15, -0.1) is 0 Å². The van der Waals surface area contributed by atoms with Gasteiger partial charge in [0.2, 0.25) is 5.91 Å². The first-order valence-electron chi connectivity index (χ1n) is 8.79. The minimum atomic E-state index is -0.939. The molecule has 1 heterocycles. The molecule has 1 saturated heterocycles. The van der Waals surface area contributed by atoms with Crippen LogP contribution in [0.15, 0.2) is 18.2 Å². The number of hydrogen-bond donors (Lipinski definition) is 1. The lowest BCUT2D eigenvalue weighted by Gasteiger charge is -2.32. The topological polar surface area (TPSA) is 83.9 Å². The van der Waals surface area contributed by atoms with Gasteiger partial charge in [0.25, 0.3) is 0 Å². The van der Waals surface area contributed by atoms with Crippen molar-refractivity contribution >= 4 is 17.7 Å². The summed E-state index contributed by atoms with van der Waals surface area (Å²) in [6.45, 7) is 1.06. The number of carbonyl (C=O) groups excluding carboxylic acids is 2. The quantitative estimate of drug-likeness (QED) is 0.796. The fraction of sp³-hybridized carbons (Fsp3) is 0.526. The number of hydrogen-bond acceptors (Lipinski definition) is 4. The number of aliphatic carboxylic acids is 1. The highest BCUT2D eigenvalue weighted by Gasteiger charge is 2.26. The van der Waals surface area contributed by atoms with E-state index in [0.717, 1.165) is 19.3 Å². The molecule has 6 nitrogen and oxygen atoms in total. The van der Waals surface area contributed by atoms with Crippen LogP contribution >= 0.6 is 0 Å². The molecule has 1 aromatic rings. The SMILES string of the molecule is O=C(O)CC1CN(C(=O)CCC(=O)c2ccc3c(c2)CCC3)CCO1. The number of ether oxygens (including phenoxy) is 1. The number of nitrogens with zero attached hydrogens (tertiary/aromatic N) is 1. The Labute approximate surface area is 146 Å². The molecule has 1 fully saturated rings. The van der Waals surface area contributed by atoms with Crippen molar-refractivity contribution in [1.82, 2.24) is 4.90 Å². The lowest BCUT2D eigenvalue weighted by molar-refractivity contribution is -0.147. The van der Waals surface area contributed by atoms with Gasteiger partial charge >= 0.3 is 5.97 Å². The van der Waals surface area contributed by atoms with Gasteiger partial charge in [-0.25, -0.2) is 0 Å². The number of rotatable bonds is 6. The summed E-state index contributed by atoms with van der Waals surface area (Å²) in [5.74, 6) is -1.07. The molecule has 1 amide bonds. The van der Waals surface area contributed by atoms with E-state index < -0.39 is 12.1 Å². The highest BCUT2D eigenvalue weighted by Crippen LogP contribution is 2.23. The van der Waals surface area contributed by atoms with Crippen LogP contribution < -0.4 is 0 Å². The number of carboxylic acid groups (broad SMARTS) is 1. The molecule has 1 unspecified atom stereocenters. The number of aryl methyl sites for hydroxylation is 2. The fourth-order valence-corrected chi connectivity index (χ4v) is 3.53. The lowest BCUT2D eigenvalue weighted by Crippen LogP contribution is -2.46. The molecular weight excluding hydrogens is 322 g/mol. The van der Waals surface area contributed by atoms with E-state index in [1.807, 2.05) is 18.2 Å². The second-order valence-electron chi connectivity index (χ2n) is 6.69. The van der Waals surface area contributed by atoms with Gasteiger partial charge in [0, 0.05) is 31.5 Å². The Bertz CT molecular complexity index is 684. The molecule has 2 aliphatic rings. The summed E-state index contributed by atoms with van der Waals surface area (Å²) in [4.78, 5) is 37.1. The van der Waals surface area contributed by atoms with Crippen LogP contribution in [0.5, 0.6) is 0 Å². The van der Waals surface area contributed by atoms with Crippen LogP contribution in [0.1, 0.15) is 47.2 Å². The molecule has 0 spiro atoms. The van der Waals surface area contributed by atoms with Gasteiger partial charge in [-0.05, 0) is 36.5 Å². The normalized spacial score (nSPS) is 19.5. The summed E-state index contributed by atoms with van der Waals surface area (Å²) in [6.07, 6.45) is 2.99. The van der Waals surface area contributed by atoms with Crippen molar-refractivity contribution in [3.05, 3.63) is 34.9 Å². The van der Waals surface area contributed by atoms with Crippen LogP contribution in [0, 0.1) is 0 Å². The van der Waals surface area contributed by atoms with Crippen LogP contribution in [0.2, 0.25) is 0 Å². The number of carboxylic acids is 1. The first kappa shape index (κ1) is 17.6. The Hall–Kier alpha value is -2.21. The minimum absolute atomic E-state index is 0.0154. The molecule has 0 saturated carbocycles. The first-order valence-corrected chi connectivity index (χ1v) is 8.79. The highest BCUT2D eigenvalue weighted by molar-refractivity contribution is 5.98. The van der Waals surface area contributed by atoms with Gasteiger partial charge in [-0.1, -0.05) is 12.1 Å². The molecule has 6 heteroatoms. The molecule has 1 aromatic carbocycles. The van der Waals surface area contributed by atoms with Crippen molar-refractivity contribution in [1.29, 1.82) is 0 Å². The summed E-state index contributed by atoms with van der Waals surface area (Å²) in [5, 5.41) is 8.83. The number of carbonyl (C=O) groups is 3. The predicted octanol–water partition coefficient (Wildman–Crippen LogP) is 1.84. The molecule has 25 heavy (non-hydrogen) atoms. The Morgan fingerprint density at radius 1 is 1.16 bits per heavy atom. The Morgan fingerprint density at radius 3 is 2.76 bits per heavy atom. The van der Waals surface area contributed by atoms with Crippen molar-refractivity contribution in [2.75, 3.05) is 19.7 Å². The molecule has 0 bridgehead atoms.